The van der Waals surface area contributed by atoms with Gasteiger partial charge in [-0.1, -0.05) is 38.8 Å². The number of carbonyl (C=O) groups excluding carboxylic acids is 1. The molecule has 1 amide bonds. The van der Waals surface area contributed by atoms with Crippen LogP contribution in [0.15, 0.2) is 24.3 Å². The van der Waals surface area contributed by atoms with E-state index in [0.717, 1.165) is 24.2 Å². The van der Waals surface area contributed by atoms with E-state index in [9.17, 15) is 4.79 Å². The van der Waals surface area contributed by atoms with E-state index >= 15 is 0 Å². The topological polar surface area (TPSA) is 29.5 Å². The second-order valence-electron chi connectivity index (χ2n) is 8.08. The van der Waals surface area contributed by atoms with Gasteiger partial charge in [-0.05, 0) is 56.7 Å². The Morgan fingerprint density at radius 1 is 1.17 bits per heavy atom. The molecule has 0 bridgehead atoms. The Labute approximate surface area is 147 Å². The lowest BCUT2D eigenvalue weighted by Crippen LogP contribution is -2.47. The first-order valence-electron chi connectivity index (χ1n) is 9.24. The smallest absolute Gasteiger partial charge is 0.226 e. The van der Waals surface area contributed by atoms with Crippen LogP contribution in [0, 0.1) is 11.3 Å². The SMILES string of the molecule is COc1ccc(C(C)N(C(=O)C2CCCCC2(C)C)C(C)C)cc1. The number of methoxy groups -OCH3 is 1. The number of hydrogen-bond donors (Lipinski definition) is 0. The van der Waals surface area contributed by atoms with Crippen LogP contribution in [0.1, 0.15) is 71.9 Å². The van der Waals surface area contributed by atoms with Crippen molar-refractivity contribution in [3.05, 3.63) is 29.8 Å². The van der Waals surface area contributed by atoms with Crippen molar-refractivity contribution < 1.29 is 9.53 Å². The predicted octanol–water partition coefficient (Wildman–Crippen LogP) is 5.21. The van der Waals surface area contributed by atoms with E-state index in [4.69, 9.17) is 4.74 Å². The molecule has 0 aromatic heterocycles. The number of nitrogens with zero attached hydrogens (tertiary/aromatic N) is 1. The largest absolute Gasteiger partial charge is 0.497 e. The molecule has 0 heterocycles. The zero-order valence-corrected chi connectivity index (χ0v) is 16.1. The summed E-state index contributed by atoms with van der Waals surface area (Å²) < 4.78 is 5.25. The molecular formula is C21H33NO2. The summed E-state index contributed by atoms with van der Waals surface area (Å²) in [6.07, 6.45) is 4.58. The Morgan fingerprint density at radius 2 is 1.79 bits per heavy atom. The van der Waals surface area contributed by atoms with Crippen LogP contribution in [-0.4, -0.2) is 24.0 Å². The summed E-state index contributed by atoms with van der Waals surface area (Å²) in [6, 6.07) is 8.34. The van der Waals surface area contributed by atoms with Gasteiger partial charge in [-0.2, -0.15) is 0 Å². The molecule has 3 nitrogen and oxygen atoms in total. The average Bonchev–Trinajstić information content (AvgIpc) is 2.54. The number of amides is 1. The maximum atomic E-state index is 13.4. The molecule has 2 atom stereocenters. The molecule has 1 aromatic carbocycles. The number of rotatable bonds is 5. The summed E-state index contributed by atoms with van der Waals surface area (Å²) >= 11 is 0. The summed E-state index contributed by atoms with van der Waals surface area (Å²) in [5.74, 6) is 1.30. The molecule has 0 aliphatic heterocycles. The van der Waals surface area contributed by atoms with E-state index in [1.165, 1.54) is 12.8 Å². The Morgan fingerprint density at radius 3 is 2.29 bits per heavy atom. The monoisotopic (exact) mass is 331 g/mol. The summed E-state index contributed by atoms with van der Waals surface area (Å²) in [7, 11) is 1.67. The third kappa shape index (κ3) is 3.93. The van der Waals surface area contributed by atoms with Crippen molar-refractivity contribution in [2.45, 2.75) is 72.4 Å². The van der Waals surface area contributed by atoms with Gasteiger partial charge in [0.15, 0.2) is 0 Å². The first-order chi connectivity index (χ1) is 11.3. The lowest BCUT2D eigenvalue weighted by molar-refractivity contribution is -0.145. The maximum absolute atomic E-state index is 13.4. The highest BCUT2D eigenvalue weighted by atomic mass is 16.5. The van der Waals surface area contributed by atoms with Gasteiger partial charge in [0.1, 0.15) is 5.75 Å². The van der Waals surface area contributed by atoms with E-state index in [1.54, 1.807) is 7.11 Å². The van der Waals surface area contributed by atoms with E-state index in [2.05, 4.69) is 51.7 Å². The summed E-state index contributed by atoms with van der Waals surface area (Å²) in [6.45, 7) is 10.9. The highest BCUT2D eigenvalue weighted by Crippen LogP contribution is 2.42. The fourth-order valence-corrected chi connectivity index (χ4v) is 4.07. The Bertz CT molecular complexity index is 547. The minimum Gasteiger partial charge on any atom is -0.497 e. The molecule has 134 valence electrons. The van der Waals surface area contributed by atoms with Crippen molar-refractivity contribution in [2.75, 3.05) is 7.11 Å². The molecule has 1 saturated carbocycles. The van der Waals surface area contributed by atoms with Gasteiger partial charge >= 0.3 is 0 Å². The first-order valence-corrected chi connectivity index (χ1v) is 9.24. The Kier molecular flexibility index (Phi) is 5.95. The highest BCUT2D eigenvalue weighted by Gasteiger charge is 2.40. The molecule has 0 saturated heterocycles. The van der Waals surface area contributed by atoms with Crippen molar-refractivity contribution in [3.8, 4) is 5.75 Å². The van der Waals surface area contributed by atoms with Gasteiger partial charge in [0, 0.05) is 12.0 Å². The fraction of sp³-hybridized carbons (Fsp3) is 0.667. The number of hydrogen-bond acceptors (Lipinski definition) is 2. The molecule has 3 heteroatoms. The van der Waals surface area contributed by atoms with Crippen LogP contribution in [0.5, 0.6) is 5.75 Å². The summed E-state index contributed by atoms with van der Waals surface area (Å²) in [5.41, 5.74) is 1.26. The van der Waals surface area contributed by atoms with Crippen LogP contribution < -0.4 is 4.74 Å². The molecule has 1 aliphatic carbocycles. The minimum atomic E-state index is 0.0705. The fourth-order valence-electron chi connectivity index (χ4n) is 4.07. The lowest BCUT2D eigenvalue weighted by atomic mass is 9.68. The summed E-state index contributed by atoms with van der Waals surface area (Å²) in [5, 5.41) is 0. The van der Waals surface area contributed by atoms with Crippen molar-refractivity contribution in [1.82, 2.24) is 4.90 Å². The van der Waals surface area contributed by atoms with Crippen LogP contribution in [0.3, 0.4) is 0 Å². The molecule has 2 unspecified atom stereocenters. The minimum absolute atomic E-state index is 0.0705. The molecule has 0 radical (unpaired) electrons. The van der Waals surface area contributed by atoms with Gasteiger partial charge in [0.2, 0.25) is 5.91 Å². The van der Waals surface area contributed by atoms with Crippen molar-refractivity contribution >= 4 is 5.91 Å². The quantitative estimate of drug-likeness (QED) is 0.741. The third-order valence-corrected chi connectivity index (χ3v) is 5.63. The van der Waals surface area contributed by atoms with E-state index in [1.807, 2.05) is 12.1 Å². The zero-order chi connectivity index (χ0) is 17.9. The zero-order valence-electron chi connectivity index (χ0n) is 16.1. The van der Waals surface area contributed by atoms with Crippen molar-refractivity contribution in [3.63, 3.8) is 0 Å². The van der Waals surface area contributed by atoms with Gasteiger partial charge in [-0.3, -0.25) is 4.79 Å². The lowest BCUT2D eigenvalue weighted by Gasteiger charge is -2.43. The van der Waals surface area contributed by atoms with Crippen LogP contribution >= 0.6 is 0 Å². The van der Waals surface area contributed by atoms with Gasteiger partial charge in [-0.15, -0.1) is 0 Å². The van der Waals surface area contributed by atoms with Crippen LogP contribution in [-0.2, 0) is 4.79 Å². The van der Waals surface area contributed by atoms with E-state index in [-0.39, 0.29) is 23.4 Å². The standard InChI is InChI=1S/C21H33NO2/c1-15(2)22(16(3)17-10-12-18(24-6)13-11-17)20(23)19-9-7-8-14-21(19,4)5/h10-13,15-16,19H,7-9,14H2,1-6H3. The molecular weight excluding hydrogens is 298 g/mol. The van der Waals surface area contributed by atoms with Gasteiger partial charge in [-0.25, -0.2) is 0 Å². The number of ether oxygens (including phenoxy) is 1. The molecule has 1 aromatic rings. The molecule has 0 spiro atoms. The number of benzene rings is 1. The Hall–Kier alpha value is -1.51. The first kappa shape index (κ1) is 18.8. The van der Waals surface area contributed by atoms with Crippen LogP contribution in [0.4, 0.5) is 0 Å². The maximum Gasteiger partial charge on any atom is 0.226 e. The van der Waals surface area contributed by atoms with Crippen LogP contribution in [0.25, 0.3) is 0 Å². The number of carbonyl (C=O) groups is 1. The van der Waals surface area contributed by atoms with Crippen LogP contribution in [0.2, 0.25) is 0 Å². The van der Waals surface area contributed by atoms with Gasteiger partial charge in [0.25, 0.3) is 0 Å². The van der Waals surface area contributed by atoms with E-state index < -0.39 is 0 Å². The highest BCUT2D eigenvalue weighted by molar-refractivity contribution is 5.80. The van der Waals surface area contributed by atoms with Crippen molar-refractivity contribution in [1.29, 1.82) is 0 Å². The average molecular weight is 332 g/mol. The Balaban J connectivity index is 2.25. The molecule has 0 N–H and O–H groups in total. The molecule has 1 aliphatic rings. The predicted molar refractivity (Wildman–Crippen MR) is 99.1 cm³/mol. The summed E-state index contributed by atoms with van der Waals surface area (Å²) in [4.78, 5) is 15.5. The van der Waals surface area contributed by atoms with Crippen molar-refractivity contribution in [2.24, 2.45) is 11.3 Å². The second-order valence-corrected chi connectivity index (χ2v) is 8.08. The van der Waals surface area contributed by atoms with Gasteiger partial charge in [0.05, 0.1) is 13.2 Å². The normalized spacial score (nSPS) is 21.4. The van der Waals surface area contributed by atoms with E-state index in [0.29, 0.717) is 5.91 Å². The second kappa shape index (κ2) is 7.58. The molecule has 2 rings (SSSR count). The van der Waals surface area contributed by atoms with Gasteiger partial charge < -0.3 is 9.64 Å². The third-order valence-electron chi connectivity index (χ3n) is 5.63. The molecule has 1 fully saturated rings. The molecule has 24 heavy (non-hydrogen) atoms.